The van der Waals surface area contributed by atoms with Gasteiger partial charge in [-0.15, -0.1) is 22.7 Å². The summed E-state index contributed by atoms with van der Waals surface area (Å²) in [7, 11) is 0. The molecule has 0 saturated carbocycles. The number of amides is 1. The number of fused-ring (bicyclic) bond motifs is 3. The van der Waals surface area contributed by atoms with Crippen molar-refractivity contribution in [2.45, 2.75) is 39.0 Å². The number of hydrogen-bond acceptors (Lipinski definition) is 7. The third-order valence-corrected chi connectivity index (χ3v) is 7.74. The number of carbonyl (C=O) groups is 2. The number of esters is 1. The van der Waals surface area contributed by atoms with Crippen molar-refractivity contribution in [2.24, 2.45) is 0 Å². The fourth-order valence-electron chi connectivity index (χ4n) is 4.02. The van der Waals surface area contributed by atoms with E-state index < -0.39 is 0 Å². The normalized spacial score (nSPS) is 18.2. The van der Waals surface area contributed by atoms with Crippen LogP contribution in [0.25, 0.3) is 0 Å². The number of hydrogen-bond donors (Lipinski definition) is 2. The number of anilines is 1. The maximum absolute atomic E-state index is 12.9. The Hall–Kier alpha value is -2.68. The smallest absolute Gasteiger partial charge is 0.353 e. The van der Waals surface area contributed by atoms with Crippen molar-refractivity contribution in [1.82, 2.24) is 10.2 Å². The Morgan fingerprint density at radius 1 is 1.19 bits per heavy atom. The van der Waals surface area contributed by atoms with Crippen molar-refractivity contribution < 1.29 is 14.3 Å². The SMILES string of the molecule is CC(C)N1CCc2c(sc3c2C(=O)N[C@@H](c2ccc(OC(=O)c4cccs4)cc2)N3)C1. The summed E-state index contributed by atoms with van der Waals surface area (Å²) in [4.78, 5) is 29.3. The third kappa shape index (κ3) is 3.86. The molecule has 160 valence electrons. The Morgan fingerprint density at radius 2 is 2.00 bits per heavy atom. The lowest BCUT2D eigenvalue weighted by Gasteiger charge is -2.31. The van der Waals surface area contributed by atoms with Gasteiger partial charge in [0.25, 0.3) is 5.91 Å². The van der Waals surface area contributed by atoms with Gasteiger partial charge in [-0.2, -0.15) is 0 Å². The van der Waals surface area contributed by atoms with Gasteiger partial charge in [0.05, 0.1) is 5.56 Å². The van der Waals surface area contributed by atoms with Crippen LogP contribution in [0.1, 0.15) is 56.0 Å². The number of carbonyl (C=O) groups excluding carboxylic acids is 2. The topological polar surface area (TPSA) is 70.7 Å². The van der Waals surface area contributed by atoms with Crippen LogP contribution in [-0.2, 0) is 13.0 Å². The highest BCUT2D eigenvalue weighted by Gasteiger charge is 2.33. The Bertz CT molecular complexity index is 1120. The van der Waals surface area contributed by atoms with E-state index in [0.29, 0.717) is 16.7 Å². The Kier molecular flexibility index (Phi) is 5.29. The molecule has 5 rings (SSSR count). The molecule has 0 spiro atoms. The van der Waals surface area contributed by atoms with Gasteiger partial charge >= 0.3 is 5.97 Å². The molecule has 2 N–H and O–H groups in total. The van der Waals surface area contributed by atoms with Crippen LogP contribution in [0.5, 0.6) is 5.75 Å². The van der Waals surface area contributed by atoms with Crippen molar-refractivity contribution in [3.05, 3.63) is 68.2 Å². The predicted molar refractivity (Wildman–Crippen MR) is 123 cm³/mol. The summed E-state index contributed by atoms with van der Waals surface area (Å²) in [6.45, 7) is 6.30. The Morgan fingerprint density at radius 3 is 2.71 bits per heavy atom. The number of nitrogens with zero attached hydrogens (tertiary/aromatic N) is 1. The summed E-state index contributed by atoms with van der Waals surface area (Å²) in [6.07, 6.45) is 0.590. The largest absolute Gasteiger partial charge is 0.422 e. The van der Waals surface area contributed by atoms with E-state index >= 15 is 0 Å². The quantitative estimate of drug-likeness (QED) is 0.445. The molecule has 6 nitrogen and oxygen atoms in total. The molecule has 1 atom stereocenters. The van der Waals surface area contributed by atoms with E-state index in [1.54, 1.807) is 29.5 Å². The second kappa shape index (κ2) is 8.11. The number of benzene rings is 1. The molecule has 0 radical (unpaired) electrons. The van der Waals surface area contributed by atoms with Crippen molar-refractivity contribution in [3.63, 3.8) is 0 Å². The van der Waals surface area contributed by atoms with Gasteiger partial charge in [0.1, 0.15) is 21.8 Å². The summed E-state index contributed by atoms with van der Waals surface area (Å²) in [5, 5.41) is 9.35. The van der Waals surface area contributed by atoms with Gasteiger partial charge in [0.15, 0.2) is 0 Å². The van der Waals surface area contributed by atoms with E-state index in [2.05, 4.69) is 29.4 Å². The van der Waals surface area contributed by atoms with Crippen LogP contribution in [0.3, 0.4) is 0 Å². The number of thiophene rings is 2. The van der Waals surface area contributed by atoms with Crippen molar-refractivity contribution >= 4 is 39.6 Å². The lowest BCUT2D eigenvalue weighted by atomic mass is 9.99. The first-order chi connectivity index (χ1) is 15.0. The third-order valence-electron chi connectivity index (χ3n) is 5.74. The fourth-order valence-corrected chi connectivity index (χ4v) is 5.92. The zero-order chi connectivity index (χ0) is 21.5. The van der Waals surface area contributed by atoms with Gasteiger partial charge in [-0.25, -0.2) is 4.79 Å². The average Bonchev–Trinajstić information content (AvgIpc) is 3.41. The zero-order valence-corrected chi connectivity index (χ0v) is 18.9. The maximum atomic E-state index is 12.9. The van der Waals surface area contributed by atoms with E-state index in [1.165, 1.54) is 21.8 Å². The molecule has 2 aliphatic rings. The molecular formula is C23H23N3O3S2. The van der Waals surface area contributed by atoms with Gasteiger partial charge in [-0.3, -0.25) is 9.69 Å². The summed E-state index contributed by atoms with van der Waals surface area (Å²) in [6, 6.07) is 11.3. The van der Waals surface area contributed by atoms with Crippen LogP contribution in [0.15, 0.2) is 41.8 Å². The summed E-state index contributed by atoms with van der Waals surface area (Å²) in [5.74, 6) is 0.0869. The predicted octanol–water partition coefficient (Wildman–Crippen LogP) is 4.65. The van der Waals surface area contributed by atoms with Crippen LogP contribution in [0.2, 0.25) is 0 Å². The molecule has 0 saturated heterocycles. The second-order valence-corrected chi connectivity index (χ2v) is 10.1. The highest BCUT2D eigenvalue weighted by atomic mass is 32.1. The molecule has 8 heteroatoms. The molecule has 3 aromatic rings. The molecule has 0 bridgehead atoms. The molecule has 2 aliphatic heterocycles. The molecule has 0 fully saturated rings. The van der Waals surface area contributed by atoms with Crippen LogP contribution in [-0.4, -0.2) is 29.4 Å². The van der Waals surface area contributed by atoms with E-state index in [-0.39, 0.29) is 18.0 Å². The van der Waals surface area contributed by atoms with Crippen molar-refractivity contribution in [2.75, 3.05) is 11.9 Å². The summed E-state index contributed by atoms with van der Waals surface area (Å²) >= 11 is 3.04. The molecule has 4 heterocycles. The van der Waals surface area contributed by atoms with Gasteiger partial charge in [0.2, 0.25) is 0 Å². The lowest BCUT2D eigenvalue weighted by Crippen LogP contribution is -2.39. The first-order valence-electron chi connectivity index (χ1n) is 10.3. The Labute approximate surface area is 188 Å². The molecule has 0 unspecified atom stereocenters. The van der Waals surface area contributed by atoms with E-state index in [1.807, 2.05) is 23.6 Å². The molecule has 1 aromatic carbocycles. The maximum Gasteiger partial charge on any atom is 0.353 e. The average molecular weight is 454 g/mol. The van der Waals surface area contributed by atoms with Gasteiger partial charge < -0.3 is 15.4 Å². The van der Waals surface area contributed by atoms with Crippen molar-refractivity contribution in [1.29, 1.82) is 0 Å². The van der Waals surface area contributed by atoms with Gasteiger partial charge in [-0.1, -0.05) is 18.2 Å². The van der Waals surface area contributed by atoms with Gasteiger partial charge in [0, 0.05) is 24.0 Å². The minimum Gasteiger partial charge on any atom is -0.422 e. The van der Waals surface area contributed by atoms with Crippen LogP contribution in [0, 0.1) is 0 Å². The van der Waals surface area contributed by atoms with E-state index in [9.17, 15) is 9.59 Å². The highest BCUT2D eigenvalue weighted by Crippen LogP contribution is 2.41. The summed E-state index contributed by atoms with van der Waals surface area (Å²) in [5.41, 5.74) is 2.91. The van der Waals surface area contributed by atoms with E-state index in [4.69, 9.17) is 4.74 Å². The first-order valence-corrected chi connectivity index (χ1v) is 12.0. The second-order valence-electron chi connectivity index (χ2n) is 8.01. The molecule has 31 heavy (non-hydrogen) atoms. The van der Waals surface area contributed by atoms with Crippen LogP contribution in [0.4, 0.5) is 5.00 Å². The minimum atomic E-state index is -0.365. The van der Waals surface area contributed by atoms with Gasteiger partial charge in [-0.05, 0) is 55.0 Å². The fraction of sp³-hybridized carbons (Fsp3) is 0.304. The van der Waals surface area contributed by atoms with Crippen LogP contribution < -0.4 is 15.4 Å². The minimum absolute atomic E-state index is 0.0255. The standard InChI is InChI=1S/C23H23N3O3S2/c1-13(2)26-10-9-16-18(12-26)31-22-19(16)21(27)24-20(25-22)14-5-7-15(8-6-14)29-23(28)17-4-3-11-30-17/h3-8,11,13,20,25H,9-10,12H2,1-2H3,(H,24,27)/t20-/m1/s1. The van der Waals surface area contributed by atoms with E-state index in [0.717, 1.165) is 35.6 Å². The molecule has 0 aliphatic carbocycles. The molecule has 1 amide bonds. The van der Waals surface area contributed by atoms with Crippen molar-refractivity contribution in [3.8, 4) is 5.75 Å². The number of rotatable bonds is 4. The first kappa shape index (κ1) is 20.2. The highest BCUT2D eigenvalue weighted by molar-refractivity contribution is 7.16. The monoisotopic (exact) mass is 453 g/mol. The lowest BCUT2D eigenvalue weighted by molar-refractivity contribution is 0.0739. The molecular weight excluding hydrogens is 430 g/mol. The number of ether oxygens (including phenoxy) is 1. The molecule has 2 aromatic heterocycles. The summed E-state index contributed by atoms with van der Waals surface area (Å²) < 4.78 is 5.42. The number of nitrogens with one attached hydrogen (secondary N) is 2. The Balaban J connectivity index is 1.32. The van der Waals surface area contributed by atoms with Crippen LogP contribution >= 0.6 is 22.7 Å². The zero-order valence-electron chi connectivity index (χ0n) is 17.3.